The molecule has 1 amide bonds. The maximum Gasteiger partial charge on any atom is 0.230 e. The fourth-order valence-corrected chi connectivity index (χ4v) is 1.85. The van der Waals surface area contributed by atoms with Gasteiger partial charge in [-0.1, -0.05) is 25.1 Å². The summed E-state index contributed by atoms with van der Waals surface area (Å²) in [5.41, 5.74) is 8.85. The van der Waals surface area contributed by atoms with Crippen LogP contribution >= 0.6 is 0 Å². The molecule has 0 aliphatic rings. The third kappa shape index (κ3) is 3.55. The Bertz CT molecular complexity index is 564. The van der Waals surface area contributed by atoms with Crippen LogP contribution in [0.1, 0.15) is 18.2 Å². The Kier molecular flexibility index (Phi) is 4.13. The molecule has 0 aliphatic heterocycles. The predicted octanol–water partition coefficient (Wildman–Crippen LogP) is 2.41. The molecule has 0 saturated heterocycles. The SMILES string of the molecule is CCc1ccccc1NC(=O)Cc1ccc(N)cn1. The van der Waals surface area contributed by atoms with Gasteiger partial charge in [0.1, 0.15) is 0 Å². The zero-order valence-corrected chi connectivity index (χ0v) is 10.9. The summed E-state index contributed by atoms with van der Waals surface area (Å²) in [7, 11) is 0. The first-order valence-corrected chi connectivity index (χ1v) is 6.27. The second-order valence-corrected chi connectivity index (χ2v) is 4.32. The van der Waals surface area contributed by atoms with Gasteiger partial charge in [-0.15, -0.1) is 0 Å². The molecule has 0 bridgehead atoms. The van der Waals surface area contributed by atoms with E-state index >= 15 is 0 Å². The summed E-state index contributed by atoms with van der Waals surface area (Å²) in [5, 5.41) is 2.91. The summed E-state index contributed by atoms with van der Waals surface area (Å²) in [6.45, 7) is 2.06. The Labute approximate surface area is 112 Å². The highest BCUT2D eigenvalue weighted by Gasteiger charge is 2.07. The third-order valence-electron chi connectivity index (χ3n) is 2.86. The minimum atomic E-state index is -0.0711. The molecule has 1 aromatic carbocycles. The highest BCUT2D eigenvalue weighted by Crippen LogP contribution is 2.15. The van der Waals surface area contributed by atoms with E-state index in [9.17, 15) is 4.79 Å². The van der Waals surface area contributed by atoms with E-state index in [0.717, 1.165) is 17.7 Å². The zero-order valence-electron chi connectivity index (χ0n) is 10.9. The quantitative estimate of drug-likeness (QED) is 0.881. The Morgan fingerprint density at radius 2 is 2.05 bits per heavy atom. The third-order valence-corrected chi connectivity index (χ3v) is 2.86. The van der Waals surface area contributed by atoms with Crippen molar-refractivity contribution in [2.45, 2.75) is 19.8 Å². The molecule has 1 heterocycles. The van der Waals surface area contributed by atoms with Crippen molar-refractivity contribution < 1.29 is 4.79 Å². The number of pyridine rings is 1. The van der Waals surface area contributed by atoms with Gasteiger partial charge in [-0.3, -0.25) is 9.78 Å². The molecule has 3 N–H and O–H groups in total. The van der Waals surface area contributed by atoms with Gasteiger partial charge in [0.2, 0.25) is 5.91 Å². The number of aromatic nitrogens is 1. The highest BCUT2D eigenvalue weighted by atomic mass is 16.1. The lowest BCUT2D eigenvalue weighted by atomic mass is 10.1. The summed E-state index contributed by atoms with van der Waals surface area (Å²) in [6.07, 6.45) is 2.69. The number of nitrogens with one attached hydrogen (secondary N) is 1. The average molecular weight is 255 g/mol. The first-order chi connectivity index (χ1) is 9.19. The molecule has 0 radical (unpaired) electrons. The Hall–Kier alpha value is -2.36. The molecular weight excluding hydrogens is 238 g/mol. The molecule has 0 fully saturated rings. The average Bonchev–Trinajstić information content (AvgIpc) is 2.42. The van der Waals surface area contributed by atoms with E-state index in [1.165, 1.54) is 0 Å². The minimum Gasteiger partial charge on any atom is -0.397 e. The van der Waals surface area contributed by atoms with Crippen LogP contribution in [-0.2, 0) is 17.6 Å². The van der Waals surface area contributed by atoms with Crippen LogP contribution in [0.3, 0.4) is 0 Å². The smallest absolute Gasteiger partial charge is 0.230 e. The van der Waals surface area contributed by atoms with Crippen molar-refractivity contribution in [3.05, 3.63) is 53.9 Å². The van der Waals surface area contributed by atoms with Crippen molar-refractivity contribution in [2.75, 3.05) is 11.1 Å². The molecule has 0 saturated carbocycles. The van der Waals surface area contributed by atoms with Crippen molar-refractivity contribution in [1.29, 1.82) is 0 Å². The van der Waals surface area contributed by atoms with Crippen LogP contribution in [0.5, 0.6) is 0 Å². The van der Waals surface area contributed by atoms with Crippen molar-refractivity contribution in [2.24, 2.45) is 0 Å². The number of carbonyl (C=O) groups excluding carboxylic acids is 1. The van der Waals surface area contributed by atoms with Gasteiger partial charge in [0.25, 0.3) is 0 Å². The van der Waals surface area contributed by atoms with E-state index in [-0.39, 0.29) is 12.3 Å². The zero-order chi connectivity index (χ0) is 13.7. The molecule has 19 heavy (non-hydrogen) atoms. The maximum atomic E-state index is 12.0. The van der Waals surface area contributed by atoms with Gasteiger partial charge in [-0.2, -0.15) is 0 Å². The number of rotatable bonds is 4. The number of hydrogen-bond donors (Lipinski definition) is 2. The van der Waals surface area contributed by atoms with Crippen LogP contribution in [0, 0.1) is 0 Å². The normalized spacial score (nSPS) is 10.2. The monoisotopic (exact) mass is 255 g/mol. The van der Waals surface area contributed by atoms with Crippen molar-refractivity contribution >= 4 is 17.3 Å². The van der Waals surface area contributed by atoms with Crippen LogP contribution in [0.15, 0.2) is 42.6 Å². The predicted molar refractivity (Wildman–Crippen MR) is 76.8 cm³/mol. The lowest BCUT2D eigenvalue weighted by molar-refractivity contribution is -0.115. The number of nitrogens with zero attached hydrogens (tertiary/aromatic N) is 1. The fourth-order valence-electron chi connectivity index (χ4n) is 1.85. The number of nitrogen functional groups attached to an aromatic ring is 1. The van der Waals surface area contributed by atoms with Crippen LogP contribution in [0.4, 0.5) is 11.4 Å². The molecular formula is C15H17N3O. The van der Waals surface area contributed by atoms with Crippen molar-refractivity contribution in [1.82, 2.24) is 4.98 Å². The number of amides is 1. The standard InChI is InChI=1S/C15H17N3O/c1-2-11-5-3-4-6-14(11)18-15(19)9-13-8-7-12(16)10-17-13/h3-8,10H,2,9,16H2,1H3,(H,18,19). The van der Waals surface area contributed by atoms with E-state index in [4.69, 9.17) is 5.73 Å². The second-order valence-electron chi connectivity index (χ2n) is 4.32. The second kappa shape index (κ2) is 6.00. The van der Waals surface area contributed by atoms with Gasteiger partial charge in [0, 0.05) is 11.4 Å². The van der Waals surface area contributed by atoms with E-state index in [1.807, 2.05) is 24.3 Å². The summed E-state index contributed by atoms with van der Waals surface area (Å²) in [6, 6.07) is 11.3. The van der Waals surface area contributed by atoms with Crippen LogP contribution in [0.2, 0.25) is 0 Å². The molecule has 98 valence electrons. The van der Waals surface area contributed by atoms with Crippen LogP contribution in [0.25, 0.3) is 0 Å². The van der Waals surface area contributed by atoms with Crippen LogP contribution < -0.4 is 11.1 Å². The summed E-state index contributed by atoms with van der Waals surface area (Å²) >= 11 is 0. The van der Waals surface area contributed by atoms with Crippen molar-refractivity contribution in [3.8, 4) is 0 Å². The summed E-state index contributed by atoms with van der Waals surface area (Å²) in [4.78, 5) is 16.1. The molecule has 4 nitrogen and oxygen atoms in total. The Morgan fingerprint density at radius 3 is 2.74 bits per heavy atom. The molecule has 0 spiro atoms. The lowest BCUT2D eigenvalue weighted by Gasteiger charge is -2.09. The van der Waals surface area contributed by atoms with Crippen molar-refractivity contribution in [3.63, 3.8) is 0 Å². The molecule has 4 heteroatoms. The molecule has 0 atom stereocenters. The van der Waals surface area contributed by atoms with Gasteiger partial charge in [0.05, 0.1) is 18.3 Å². The van der Waals surface area contributed by atoms with Gasteiger partial charge in [-0.05, 0) is 30.2 Å². The molecule has 0 unspecified atom stereocenters. The molecule has 2 aromatic rings. The fraction of sp³-hybridized carbons (Fsp3) is 0.200. The largest absolute Gasteiger partial charge is 0.397 e. The summed E-state index contributed by atoms with van der Waals surface area (Å²) in [5.74, 6) is -0.0711. The number of benzene rings is 1. The van der Waals surface area contributed by atoms with E-state index in [0.29, 0.717) is 11.4 Å². The molecule has 1 aromatic heterocycles. The molecule has 0 aliphatic carbocycles. The first kappa shape index (κ1) is 13.1. The number of para-hydroxylation sites is 1. The van der Waals surface area contributed by atoms with Gasteiger partial charge >= 0.3 is 0 Å². The topological polar surface area (TPSA) is 68.0 Å². The molecule has 2 rings (SSSR count). The van der Waals surface area contributed by atoms with Crippen LogP contribution in [-0.4, -0.2) is 10.9 Å². The number of aryl methyl sites for hydroxylation is 1. The van der Waals surface area contributed by atoms with E-state index < -0.39 is 0 Å². The Morgan fingerprint density at radius 1 is 1.26 bits per heavy atom. The minimum absolute atomic E-state index is 0.0711. The lowest BCUT2D eigenvalue weighted by Crippen LogP contribution is -2.16. The first-order valence-electron chi connectivity index (χ1n) is 6.27. The highest BCUT2D eigenvalue weighted by molar-refractivity contribution is 5.92. The number of hydrogen-bond acceptors (Lipinski definition) is 3. The Balaban J connectivity index is 2.03. The van der Waals surface area contributed by atoms with E-state index in [2.05, 4.69) is 17.2 Å². The number of anilines is 2. The van der Waals surface area contributed by atoms with Gasteiger partial charge in [0.15, 0.2) is 0 Å². The summed E-state index contributed by atoms with van der Waals surface area (Å²) < 4.78 is 0. The van der Waals surface area contributed by atoms with Gasteiger partial charge < -0.3 is 11.1 Å². The van der Waals surface area contributed by atoms with Gasteiger partial charge in [-0.25, -0.2) is 0 Å². The number of carbonyl (C=O) groups is 1. The van der Waals surface area contributed by atoms with E-state index in [1.54, 1.807) is 18.3 Å². The maximum absolute atomic E-state index is 12.0. The number of nitrogens with two attached hydrogens (primary N) is 1.